The minimum absolute atomic E-state index is 0.0798. The second kappa shape index (κ2) is 8.62. The molecule has 0 saturated carbocycles. The molecule has 1 N–H and O–H groups in total. The van der Waals surface area contributed by atoms with Gasteiger partial charge in [0.25, 0.3) is 5.69 Å². The predicted octanol–water partition coefficient (Wildman–Crippen LogP) is 6.32. The third-order valence-electron chi connectivity index (χ3n) is 6.71. The maximum absolute atomic E-state index is 10.8. The number of aryl methyl sites for hydroxylation is 1. The van der Waals surface area contributed by atoms with Crippen LogP contribution in [0.2, 0.25) is 0 Å². The number of rotatable bonds is 6. The fourth-order valence-electron chi connectivity index (χ4n) is 5.02. The highest BCUT2D eigenvalue weighted by Crippen LogP contribution is 2.53. The van der Waals surface area contributed by atoms with E-state index >= 15 is 0 Å². The van der Waals surface area contributed by atoms with Gasteiger partial charge in [0, 0.05) is 18.1 Å². The van der Waals surface area contributed by atoms with E-state index in [4.69, 9.17) is 9.47 Å². The molecular weight excluding hydrogens is 416 g/mol. The third-order valence-corrected chi connectivity index (χ3v) is 6.71. The Kier molecular flexibility index (Phi) is 5.50. The number of hydrogen-bond acceptors (Lipinski definition) is 5. The van der Waals surface area contributed by atoms with Crippen LogP contribution >= 0.6 is 0 Å². The number of nitro groups is 1. The molecule has 0 spiro atoms. The van der Waals surface area contributed by atoms with Crippen LogP contribution in [-0.2, 0) is 6.61 Å². The van der Waals surface area contributed by atoms with Crippen molar-refractivity contribution in [1.82, 2.24) is 0 Å². The smallest absolute Gasteiger partial charge is 0.269 e. The van der Waals surface area contributed by atoms with Gasteiger partial charge in [-0.25, -0.2) is 0 Å². The molecule has 0 amide bonds. The third kappa shape index (κ3) is 3.93. The average Bonchev–Trinajstić information content (AvgIpc) is 3.33. The predicted molar refractivity (Wildman–Crippen MR) is 128 cm³/mol. The van der Waals surface area contributed by atoms with Crippen molar-refractivity contribution in [2.75, 3.05) is 12.4 Å². The van der Waals surface area contributed by atoms with Gasteiger partial charge in [-0.15, -0.1) is 0 Å². The molecule has 1 heterocycles. The van der Waals surface area contributed by atoms with Crippen molar-refractivity contribution in [3.63, 3.8) is 0 Å². The highest BCUT2D eigenvalue weighted by Gasteiger charge is 2.39. The number of hydrogen-bond donors (Lipinski definition) is 1. The van der Waals surface area contributed by atoms with Crippen LogP contribution in [-0.4, -0.2) is 12.0 Å². The normalized spacial score (nSPS) is 20.5. The van der Waals surface area contributed by atoms with Crippen LogP contribution in [0.5, 0.6) is 11.5 Å². The summed E-state index contributed by atoms with van der Waals surface area (Å²) in [6.07, 6.45) is 5.67. The Hall–Kier alpha value is -3.80. The van der Waals surface area contributed by atoms with E-state index in [1.54, 1.807) is 19.2 Å². The van der Waals surface area contributed by atoms with Gasteiger partial charge in [0.2, 0.25) is 0 Å². The van der Waals surface area contributed by atoms with Crippen molar-refractivity contribution in [3.05, 3.63) is 105 Å². The molecular formula is C27H26N2O4. The van der Waals surface area contributed by atoms with Gasteiger partial charge in [-0.05, 0) is 71.8 Å². The Morgan fingerprint density at radius 3 is 2.52 bits per heavy atom. The lowest BCUT2D eigenvalue weighted by atomic mass is 9.75. The van der Waals surface area contributed by atoms with Crippen molar-refractivity contribution in [3.8, 4) is 11.5 Å². The van der Waals surface area contributed by atoms with E-state index in [2.05, 4.69) is 42.6 Å². The zero-order valence-electron chi connectivity index (χ0n) is 18.7. The molecule has 3 aromatic rings. The molecule has 3 atom stereocenters. The van der Waals surface area contributed by atoms with Crippen LogP contribution in [0.15, 0.2) is 72.8 Å². The van der Waals surface area contributed by atoms with E-state index in [0.717, 1.165) is 29.2 Å². The highest BCUT2D eigenvalue weighted by molar-refractivity contribution is 5.69. The van der Waals surface area contributed by atoms with Gasteiger partial charge in [-0.2, -0.15) is 0 Å². The number of fused-ring (bicyclic) bond motifs is 3. The number of allylic oxidation sites excluding steroid dienone is 2. The van der Waals surface area contributed by atoms with Gasteiger partial charge in [0.15, 0.2) is 0 Å². The minimum atomic E-state index is -0.400. The van der Waals surface area contributed by atoms with E-state index in [1.165, 1.54) is 28.8 Å². The second-order valence-corrected chi connectivity index (χ2v) is 8.63. The van der Waals surface area contributed by atoms with Gasteiger partial charge in [0.1, 0.15) is 18.1 Å². The van der Waals surface area contributed by atoms with E-state index in [1.807, 2.05) is 18.2 Å². The molecule has 2 unspecified atom stereocenters. The lowest BCUT2D eigenvalue weighted by molar-refractivity contribution is -0.384. The Morgan fingerprint density at radius 1 is 1.06 bits per heavy atom. The summed E-state index contributed by atoms with van der Waals surface area (Å²) in [5, 5.41) is 14.6. The van der Waals surface area contributed by atoms with Crippen molar-refractivity contribution in [2.45, 2.75) is 31.9 Å². The first-order valence-electron chi connectivity index (χ1n) is 11.1. The fraction of sp³-hybridized carbons (Fsp3) is 0.259. The quantitative estimate of drug-likeness (QED) is 0.275. The van der Waals surface area contributed by atoms with Crippen LogP contribution in [0.3, 0.4) is 0 Å². The molecule has 168 valence electrons. The molecule has 6 heteroatoms. The number of methoxy groups -OCH3 is 1. The minimum Gasteiger partial charge on any atom is -0.495 e. The molecule has 0 saturated heterocycles. The van der Waals surface area contributed by atoms with E-state index in [-0.39, 0.29) is 11.7 Å². The number of nitro benzene ring substituents is 1. The summed E-state index contributed by atoms with van der Waals surface area (Å²) in [4.78, 5) is 10.4. The van der Waals surface area contributed by atoms with Crippen LogP contribution in [0, 0.1) is 23.0 Å². The SMILES string of the molecule is COc1ccc(C)c2c1N[C@H](c1ccc(OCc3ccc([N+](=O)[O-])cc3)cc1)C1CC=CC21. The molecule has 0 bridgehead atoms. The summed E-state index contributed by atoms with van der Waals surface area (Å²) in [5.41, 5.74) is 5.90. The lowest BCUT2D eigenvalue weighted by Gasteiger charge is -2.39. The standard InChI is InChI=1S/C27H26N2O4/c1-17-6-15-24(32-2)27-25(17)22-4-3-5-23(22)26(28-27)19-9-13-21(14-10-19)33-16-18-7-11-20(12-8-18)29(30)31/h3-4,6-15,22-23,26,28H,5,16H2,1-2H3/t22?,23?,26-/m1/s1. The zero-order chi connectivity index (χ0) is 22.9. The van der Waals surface area contributed by atoms with Gasteiger partial charge >= 0.3 is 0 Å². The van der Waals surface area contributed by atoms with Crippen molar-refractivity contribution in [1.29, 1.82) is 0 Å². The topological polar surface area (TPSA) is 73.6 Å². The van der Waals surface area contributed by atoms with Gasteiger partial charge in [0.05, 0.1) is 23.8 Å². The summed E-state index contributed by atoms with van der Waals surface area (Å²) in [6.45, 7) is 2.53. The van der Waals surface area contributed by atoms with Crippen LogP contribution in [0.1, 0.15) is 40.6 Å². The van der Waals surface area contributed by atoms with Gasteiger partial charge in [-0.3, -0.25) is 10.1 Å². The Balaban J connectivity index is 1.34. The number of nitrogens with zero attached hydrogens (tertiary/aromatic N) is 1. The van der Waals surface area contributed by atoms with E-state index in [9.17, 15) is 10.1 Å². The number of nitrogens with one attached hydrogen (secondary N) is 1. The molecule has 0 aromatic heterocycles. The molecule has 0 fully saturated rings. The maximum Gasteiger partial charge on any atom is 0.269 e. The average molecular weight is 443 g/mol. The van der Waals surface area contributed by atoms with Crippen LogP contribution < -0.4 is 14.8 Å². The molecule has 33 heavy (non-hydrogen) atoms. The fourth-order valence-corrected chi connectivity index (χ4v) is 5.02. The second-order valence-electron chi connectivity index (χ2n) is 8.63. The first-order valence-corrected chi connectivity index (χ1v) is 11.1. The van der Waals surface area contributed by atoms with Crippen molar-refractivity contribution < 1.29 is 14.4 Å². The summed E-state index contributed by atoms with van der Waals surface area (Å²) in [7, 11) is 1.72. The number of non-ortho nitro benzene ring substituents is 1. The Bertz CT molecular complexity index is 1200. The van der Waals surface area contributed by atoms with Crippen LogP contribution in [0.25, 0.3) is 0 Å². The zero-order valence-corrected chi connectivity index (χ0v) is 18.7. The molecule has 1 aliphatic heterocycles. The molecule has 2 aliphatic rings. The molecule has 3 aromatic carbocycles. The number of benzene rings is 3. The van der Waals surface area contributed by atoms with Gasteiger partial charge < -0.3 is 14.8 Å². The largest absolute Gasteiger partial charge is 0.495 e. The highest BCUT2D eigenvalue weighted by atomic mass is 16.6. The summed E-state index contributed by atoms with van der Waals surface area (Å²) >= 11 is 0. The van der Waals surface area contributed by atoms with Gasteiger partial charge in [-0.1, -0.05) is 30.4 Å². The Morgan fingerprint density at radius 2 is 1.82 bits per heavy atom. The van der Waals surface area contributed by atoms with Crippen LogP contribution in [0.4, 0.5) is 11.4 Å². The summed E-state index contributed by atoms with van der Waals surface area (Å²) in [6, 6.07) is 19.0. The summed E-state index contributed by atoms with van der Waals surface area (Å²) in [5.74, 6) is 2.47. The van der Waals surface area contributed by atoms with E-state index in [0.29, 0.717) is 18.4 Å². The maximum atomic E-state index is 10.8. The van der Waals surface area contributed by atoms with Crippen molar-refractivity contribution in [2.24, 2.45) is 5.92 Å². The van der Waals surface area contributed by atoms with E-state index < -0.39 is 4.92 Å². The number of anilines is 1. The molecule has 6 nitrogen and oxygen atoms in total. The first-order chi connectivity index (χ1) is 16.0. The summed E-state index contributed by atoms with van der Waals surface area (Å²) < 4.78 is 11.6. The lowest BCUT2D eigenvalue weighted by Crippen LogP contribution is -2.30. The number of ether oxygens (including phenoxy) is 2. The van der Waals surface area contributed by atoms with Crippen molar-refractivity contribution >= 4 is 11.4 Å². The molecule has 1 aliphatic carbocycles. The molecule has 0 radical (unpaired) electrons. The Labute approximate surface area is 193 Å². The monoisotopic (exact) mass is 442 g/mol. The first kappa shape index (κ1) is 21.1. The molecule has 5 rings (SSSR count).